The van der Waals surface area contributed by atoms with E-state index >= 15 is 0 Å². The summed E-state index contributed by atoms with van der Waals surface area (Å²) in [4.78, 5) is 17.4. The first-order valence-electron chi connectivity index (χ1n) is 9.06. The first-order chi connectivity index (χ1) is 13.5. The summed E-state index contributed by atoms with van der Waals surface area (Å²) in [7, 11) is 1.59. The molecule has 2 heterocycles. The van der Waals surface area contributed by atoms with Crippen molar-refractivity contribution in [3.05, 3.63) is 83.7 Å². The maximum atomic E-state index is 12.6. The molecule has 0 unspecified atom stereocenters. The third-order valence-electron chi connectivity index (χ3n) is 4.74. The lowest BCUT2D eigenvalue weighted by Crippen LogP contribution is -2.12. The Balaban J connectivity index is 1.70. The number of aryl methyl sites for hydroxylation is 2. The fraction of sp³-hybridized carbons (Fsp3) is 0.130. The van der Waals surface area contributed by atoms with Crippen LogP contribution in [0.2, 0.25) is 0 Å². The molecule has 0 aliphatic heterocycles. The van der Waals surface area contributed by atoms with Gasteiger partial charge in [0.1, 0.15) is 11.4 Å². The van der Waals surface area contributed by atoms with E-state index < -0.39 is 0 Å². The molecule has 2 aromatic carbocycles. The molecule has 0 bridgehead atoms. The number of carbonyl (C=O) groups is 1. The monoisotopic (exact) mass is 371 g/mol. The number of benzene rings is 2. The van der Waals surface area contributed by atoms with Crippen LogP contribution in [-0.4, -0.2) is 22.4 Å². The second-order valence-corrected chi connectivity index (χ2v) is 6.78. The summed E-state index contributed by atoms with van der Waals surface area (Å²) in [5.41, 5.74) is 6.08. The molecule has 4 rings (SSSR count). The van der Waals surface area contributed by atoms with Crippen molar-refractivity contribution in [2.24, 2.45) is 0 Å². The topological polar surface area (TPSA) is 55.6 Å². The van der Waals surface area contributed by atoms with Crippen molar-refractivity contribution in [1.29, 1.82) is 0 Å². The van der Waals surface area contributed by atoms with Crippen LogP contribution >= 0.6 is 0 Å². The molecule has 4 aromatic rings. The lowest BCUT2D eigenvalue weighted by molar-refractivity contribution is 0.102. The van der Waals surface area contributed by atoms with Crippen molar-refractivity contribution in [3.63, 3.8) is 0 Å². The standard InChI is InChI=1S/C23H21N3O2/c1-15-6-8-17(9-7-15)23(27)25-19-13-18(10-11-21(19)28-3)20-14-26-12-4-5-16(2)22(26)24-20/h4-14H,1-3H3,(H,25,27). The van der Waals surface area contributed by atoms with Crippen LogP contribution in [0.25, 0.3) is 16.9 Å². The lowest BCUT2D eigenvalue weighted by atomic mass is 10.1. The van der Waals surface area contributed by atoms with Crippen LogP contribution in [0.5, 0.6) is 5.75 Å². The number of nitrogens with one attached hydrogen (secondary N) is 1. The largest absolute Gasteiger partial charge is 0.495 e. The number of imidazole rings is 1. The third-order valence-corrected chi connectivity index (χ3v) is 4.74. The summed E-state index contributed by atoms with van der Waals surface area (Å²) in [6.07, 6.45) is 3.96. The Morgan fingerprint density at radius 1 is 1.07 bits per heavy atom. The van der Waals surface area contributed by atoms with E-state index in [0.29, 0.717) is 17.0 Å². The smallest absolute Gasteiger partial charge is 0.255 e. The van der Waals surface area contributed by atoms with E-state index in [9.17, 15) is 4.79 Å². The van der Waals surface area contributed by atoms with Gasteiger partial charge in [-0.15, -0.1) is 0 Å². The summed E-state index contributed by atoms with van der Waals surface area (Å²) in [5, 5.41) is 2.95. The van der Waals surface area contributed by atoms with E-state index in [-0.39, 0.29) is 5.91 Å². The highest BCUT2D eigenvalue weighted by Crippen LogP contribution is 2.31. The number of methoxy groups -OCH3 is 1. The quantitative estimate of drug-likeness (QED) is 0.556. The van der Waals surface area contributed by atoms with Crippen LogP contribution in [0.1, 0.15) is 21.5 Å². The number of anilines is 1. The Bertz CT molecular complexity index is 1160. The molecule has 0 radical (unpaired) electrons. The van der Waals surface area contributed by atoms with Crippen LogP contribution < -0.4 is 10.1 Å². The molecule has 1 N–H and O–H groups in total. The predicted octanol–water partition coefficient (Wildman–Crippen LogP) is 4.88. The van der Waals surface area contributed by atoms with Crippen molar-refractivity contribution >= 4 is 17.2 Å². The van der Waals surface area contributed by atoms with E-state index in [1.807, 2.05) is 85.2 Å². The van der Waals surface area contributed by atoms with Gasteiger partial charge in [-0.1, -0.05) is 23.8 Å². The highest BCUT2D eigenvalue weighted by Gasteiger charge is 2.13. The molecular formula is C23H21N3O2. The van der Waals surface area contributed by atoms with Gasteiger partial charge in [-0.25, -0.2) is 4.98 Å². The fourth-order valence-electron chi connectivity index (χ4n) is 3.16. The zero-order chi connectivity index (χ0) is 19.7. The van der Waals surface area contributed by atoms with Gasteiger partial charge in [-0.05, 0) is 55.8 Å². The number of ether oxygens (including phenoxy) is 1. The third kappa shape index (κ3) is 3.34. The van der Waals surface area contributed by atoms with Gasteiger partial charge < -0.3 is 14.5 Å². The second kappa shape index (κ2) is 7.19. The molecule has 0 spiro atoms. The van der Waals surface area contributed by atoms with Crippen LogP contribution in [0.4, 0.5) is 5.69 Å². The molecule has 5 nitrogen and oxygen atoms in total. The summed E-state index contributed by atoms with van der Waals surface area (Å²) in [6, 6.07) is 17.2. The number of rotatable bonds is 4. The Morgan fingerprint density at radius 3 is 2.57 bits per heavy atom. The first kappa shape index (κ1) is 17.8. The molecule has 2 aromatic heterocycles. The number of hydrogen-bond acceptors (Lipinski definition) is 3. The van der Waals surface area contributed by atoms with E-state index in [2.05, 4.69) is 5.32 Å². The minimum absolute atomic E-state index is 0.179. The first-order valence-corrected chi connectivity index (χ1v) is 9.06. The van der Waals surface area contributed by atoms with Crippen molar-refractivity contribution in [1.82, 2.24) is 9.38 Å². The van der Waals surface area contributed by atoms with Gasteiger partial charge in [-0.3, -0.25) is 4.79 Å². The average Bonchev–Trinajstić information content (AvgIpc) is 3.14. The van der Waals surface area contributed by atoms with Gasteiger partial charge >= 0.3 is 0 Å². The summed E-state index contributed by atoms with van der Waals surface area (Å²) >= 11 is 0. The number of hydrogen-bond donors (Lipinski definition) is 1. The Morgan fingerprint density at radius 2 is 1.86 bits per heavy atom. The van der Waals surface area contributed by atoms with Gasteiger partial charge in [-0.2, -0.15) is 0 Å². The molecule has 140 valence electrons. The van der Waals surface area contributed by atoms with Crippen molar-refractivity contribution in [2.45, 2.75) is 13.8 Å². The number of carbonyl (C=O) groups excluding carboxylic acids is 1. The van der Waals surface area contributed by atoms with Crippen molar-refractivity contribution < 1.29 is 9.53 Å². The molecule has 28 heavy (non-hydrogen) atoms. The van der Waals surface area contributed by atoms with Gasteiger partial charge in [0.15, 0.2) is 0 Å². The highest BCUT2D eigenvalue weighted by atomic mass is 16.5. The van der Waals surface area contributed by atoms with E-state index in [4.69, 9.17) is 9.72 Å². The number of pyridine rings is 1. The number of amides is 1. The van der Waals surface area contributed by atoms with Gasteiger partial charge in [0.2, 0.25) is 0 Å². The van der Waals surface area contributed by atoms with Gasteiger partial charge in [0.05, 0.1) is 18.5 Å². The molecule has 5 heteroatoms. The van der Waals surface area contributed by atoms with Crippen molar-refractivity contribution in [2.75, 3.05) is 12.4 Å². The zero-order valence-electron chi connectivity index (χ0n) is 16.1. The average molecular weight is 371 g/mol. The van der Waals surface area contributed by atoms with E-state index in [1.54, 1.807) is 7.11 Å². The Kier molecular flexibility index (Phi) is 4.57. The number of fused-ring (bicyclic) bond motifs is 1. The zero-order valence-corrected chi connectivity index (χ0v) is 16.1. The van der Waals surface area contributed by atoms with E-state index in [0.717, 1.165) is 28.0 Å². The maximum Gasteiger partial charge on any atom is 0.255 e. The van der Waals surface area contributed by atoms with Gasteiger partial charge in [0, 0.05) is 23.5 Å². The molecule has 0 aliphatic carbocycles. The predicted molar refractivity (Wildman–Crippen MR) is 111 cm³/mol. The normalized spacial score (nSPS) is 10.8. The van der Waals surface area contributed by atoms with E-state index in [1.165, 1.54) is 0 Å². The van der Waals surface area contributed by atoms with Crippen LogP contribution in [0.15, 0.2) is 67.0 Å². The summed E-state index contributed by atoms with van der Waals surface area (Å²) in [6.45, 7) is 4.03. The SMILES string of the molecule is COc1ccc(-c2cn3cccc(C)c3n2)cc1NC(=O)c1ccc(C)cc1. The van der Waals surface area contributed by atoms with Crippen LogP contribution in [0, 0.1) is 13.8 Å². The fourth-order valence-corrected chi connectivity index (χ4v) is 3.16. The maximum absolute atomic E-state index is 12.6. The molecule has 0 saturated carbocycles. The van der Waals surface area contributed by atoms with Crippen LogP contribution in [0.3, 0.4) is 0 Å². The molecular weight excluding hydrogens is 350 g/mol. The number of aromatic nitrogens is 2. The molecule has 1 amide bonds. The minimum atomic E-state index is -0.179. The molecule has 0 atom stereocenters. The van der Waals surface area contributed by atoms with Crippen LogP contribution in [-0.2, 0) is 0 Å². The summed E-state index contributed by atoms with van der Waals surface area (Å²) < 4.78 is 7.43. The number of nitrogens with zero attached hydrogens (tertiary/aromatic N) is 2. The second-order valence-electron chi connectivity index (χ2n) is 6.78. The van der Waals surface area contributed by atoms with Gasteiger partial charge in [0.25, 0.3) is 5.91 Å². The molecule has 0 aliphatic rings. The lowest BCUT2D eigenvalue weighted by Gasteiger charge is -2.12. The molecule has 0 saturated heterocycles. The Labute approximate surface area is 163 Å². The Hall–Kier alpha value is -3.60. The minimum Gasteiger partial charge on any atom is -0.495 e. The molecule has 0 fully saturated rings. The van der Waals surface area contributed by atoms with Crippen molar-refractivity contribution in [3.8, 4) is 17.0 Å². The highest BCUT2D eigenvalue weighted by molar-refractivity contribution is 6.05. The summed E-state index contributed by atoms with van der Waals surface area (Å²) in [5.74, 6) is 0.422.